The zero-order valence-corrected chi connectivity index (χ0v) is 10.9. The lowest BCUT2D eigenvalue weighted by molar-refractivity contribution is 0.303. The Morgan fingerprint density at radius 3 is 2.61 bits per heavy atom. The Kier molecular flexibility index (Phi) is 4.21. The molecule has 1 nitrogen and oxygen atoms in total. The molecule has 94 valence electrons. The van der Waals surface area contributed by atoms with E-state index in [-0.39, 0.29) is 5.82 Å². The molecule has 0 saturated heterocycles. The zero-order valence-electron chi connectivity index (χ0n) is 10.1. The van der Waals surface area contributed by atoms with Gasteiger partial charge in [0.2, 0.25) is 0 Å². The van der Waals surface area contributed by atoms with E-state index in [2.05, 4.69) is 6.92 Å². The number of benzene rings is 2. The van der Waals surface area contributed by atoms with Gasteiger partial charge in [-0.25, -0.2) is 4.39 Å². The Balaban J connectivity index is 2.11. The molecule has 0 aliphatic rings. The van der Waals surface area contributed by atoms with E-state index in [0.717, 1.165) is 23.3 Å². The minimum atomic E-state index is -0.335. The average Bonchev–Trinajstić information content (AvgIpc) is 2.38. The van der Waals surface area contributed by atoms with E-state index in [1.54, 1.807) is 6.07 Å². The molecule has 0 amide bonds. The maximum atomic E-state index is 12.9. The number of hydrogen-bond donors (Lipinski definition) is 0. The molecule has 2 rings (SSSR count). The van der Waals surface area contributed by atoms with Gasteiger partial charge in [0, 0.05) is 5.56 Å². The lowest BCUT2D eigenvalue weighted by Crippen LogP contribution is -1.99. The van der Waals surface area contributed by atoms with Crippen molar-refractivity contribution >= 4 is 11.6 Å². The summed E-state index contributed by atoms with van der Waals surface area (Å²) in [4.78, 5) is 0. The molecule has 0 bridgehead atoms. The molecule has 0 fully saturated rings. The van der Waals surface area contributed by atoms with Crippen LogP contribution in [0.2, 0.25) is 5.02 Å². The predicted molar refractivity (Wildman–Crippen MR) is 71.6 cm³/mol. The van der Waals surface area contributed by atoms with Crippen molar-refractivity contribution in [3.05, 3.63) is 64.4 Å². The van der Waals surface area contributed by atoms with E-state index in [1.165, 1.54) is 12.1 Å². The summed E-state index contributed by atoms with van der Waals surface area (Å²) in [5, 5.41) is 0.393. The number of hydrogen-bond acceptors (Lipinski definition) is 1. The van der Waals surface area contributed by atoms with Crippen LogP contribution in [0.1, 0.15) is 18.1 Å². The fourth-order valence-electron chi connectivity index (χ4n) is 1.73. The van der Waals surface area contributed by atoms with Gasteiger partial charge in [0.1, 0.15) is 18.2 Å². The van der Waals surface area contributed by atoms with Crippen LogP contribution in [0.25, 0.3) is 0 Å². The third-order valence-electron chi connectivity index (χ3n) is 2.75. The second kappa shape index (κ2) is 5.87. The van der Waals surface area contributed by atoms with Crippen molar-refractivity contribution in [2.24, 2.45) is 0 Å². The highest BCUT2D eigenvalue weighted by atomic mass is 35.5. The first-order chi connectivity index (χ1) is 8.70. The number of ether oxygens (including phenoxy) is 1. The third kappa shape index (κ3) is 3.02. The second-order valence-electron chi connectivity index (χ2n) is 3.99. The van der Waals surface area contributed by atoms with Gasteiger partial charge >= 0.3 is 0 Å². The molecule has 3 heteroatoms. The summed E-state index contributed by atoms with van der Waals surface area (Å²) >= 11 is 5.95. The normalized spacial score (nSPS) is 10.4. The fraction of sp³-hybridized carbons (Fsp3) is 0.200. The van der Waals surface area contributed by atoms with Gasteiger partial charge in [0.05, 0.1) is 5.02 Å². The monoisotopic (exact) mass is 264 g/mol. The Morgan fingerprint density at radius 1 is 1.11 bits per heavy atom. The summed E-state index contributed by atoms with van der Waals surface area (Å²) in [7, 11) is 0. The maximum Gasteiger partial charge on any atom is 0.124 e. The Labute approximate surface area is 111 Å². The molecular weight excluding hydrogens is 251 g/mol. The van der Waals surface area contributed by atoms with E-state index in [1.807, 2.05) is 24.3 Å². The first-order valence-corrected chi connectivity index (χ1v) is 6.23. The highest BCUT2D eigenvalue weighted by molar-refractivity contribution is 6.31. The quantitative estimate of drug-likeness (QED) is 0.783. The molecule has 2 aromatic carbocycles. The van der Waals surface area contributed by atoms with Crippen molar-refractivity contribution in [2.75, 3.05) is 0 Å². The van der Waals surface area contributed by atoms with Gasteiger partial charge in [-0.2, -0.15) is 0 Å². The summed E-state index contributed by atoms with van der Waals surface area (Å²) in [6, 6.07) is 12.2. The molecule has 0 atom stereocenters. The van der Waals surface area contributed by atoms with Gasteiger partial charge in [0.25, 0.3) is 0 Å². The van der Waals surface area contributed by atoms with Crippen molar-refractivity contribution in [1.82, 2.24) is 0 Å². The minimum absolute atomic E-state index is 0.335. The highest BCUT2D eigenvalue weighted by Gasteiger charge is 2.05. The van der Waals surface area contributed by atoms with E-state index >= 15 is 0 Å². The van der Waals surface area contributed by atoms with E-state index in [4.69, 9.17) is 16.3 Å². The lowest BCUT2D eigenvalue weighted by atomic mass is 10.1. The Hall–Kier alpha value is -1.54. The van der Waals surface area contributed by atoms with Crippen molar-refractivity contribution in [3.8, 4) is 5.75 Å². The smallest absolute Gasteiger partial charge is 0.124 e. The van der Waals surface area contributed by atoms with E-state index < -0.39 is 0 Å². The van der Waals surface area contributed by atoms with Crippen LogP contribution in [-0.4, -0.2) is 0 Å². The van der Waals surface area contributed by atoms with Gasteiger partial charge in [-0.1, -0.05) is 42.8 Å². The molecule has 0 N–H and O–H groups in total. The highest BCUT2D eigenvalue weighted by Crippen LogP contribution is 2.22. The van der Waals surface area contributed by atoms with Gasteiger partial charge < -0.3 is 4.74 Å². The van der Waals surface area contributed by atoms with Gasteiger partial charge in [0.15, 0.2) is 0 Å². The minimum Gasteiger partial charge on any atom is -0.489 e. The van der Waals surface area contributed by atoms with E-state index in [0.29, 0.717) is 11.6 Å². The van der Waals surface area contributed by atoms with Gasteiger partial charge in [-0.15, -0.1) is 0 Å². The fourth-order valence-corrected chi connectivity index (χ4v) is 1.95. The topological polar surface area (TPSA) is 9.23 Å². The second-order valence-corrected chi connectivity index (χ2v) is 4.39. The third-order valence-corrected chi connectivity index (χ3v) is 3.10. The molecule has 0 radical (unpaired) electrons. The van der Waals surface area contributed by atoms with Crippen molar-refractivity contribution in [3.63, 3.8) is 0 Å². The van der Waals surface area contributed by atoms with Gasteiger partial charge in [-0.3, -0.25) is 0 Å². The molecular formula is C15H14ClFO. The summed E-state index contributed by atoms with van der Waals surface area (Å²) < 4.78 is 18.6. The molecule has 0 unspecified atom stereocenters. The SMILES string of the molecule is CCc1ccccc1OCc1ccc(F)cc1Cl. The van der Waals surface area contributed by atoms with Gasteiger partial charge in [-0.05, 0) is 30.2 Å². The molecule has 0 heterocycles. The molecule has 0 aromatic heterocycles. The molecule has 0 spiro atoms. The first kappa shape index (κ1) is 12.9. The van der Waals surface area contributed by atoms with Crippen LogP contribution in [0.3, 0.4) is 0 Å². The van der Waals surface area contributed by atoms with Crippen molar-refractivity contribution in [1.29, 1.82) is 0 Å². The zero-order chi connectivity index (χ0) is 13.0. The molecule has 2 aromatic rings. The van der Waals surface area contributed by atoms with Crippen LogP contribution in [-0.2, 0) is 13.0 Å². The molecule has 18 heavy (non-hydrogen) atoms. The van der Waals surface area contributed by atoms with Crippen LogP contribution in [0.15, 0.2) is 42.5 Å². The van der Waals surface area contributed by atoms with Crippen molar-refractivity contribution < 1.29 is 9.13 Å². The molecule has 0 aliphatic heterocycles. The lowest BCUT2D eigenvalue weighted by Gasteiger charge is -2.11. The number of aryl methyl sites for hydroxylation is 1. The first-order valence-electron chi connectivity index (χ1n) is 5.85. The van der Waals surface area contributed by atoms with E-state index in [9.17, 15) is 4.39 Å². The van der Waals surface area contributed by atoms with Crippen LogP contribution in [0, 0.1) is 5.82 Å². The van der Waals surface area contributed by atoms with Crippen molar-refractivity contribution in [2.45, 2.75) is 20.0 Å². The standard InChI is InChI=1S/C15H14ClFO/c1-2-11-5-3-4-6-15(11)18-10-12-7-8-13(17)9-14(12)16/h3-9H,2,10H2,1H3. The van der Waals surface area contributed by atoms with Crippen LogP contribution < -0.4 is 4.74 Å². The molecule has 0 aliphatic carbocycles. The van der Waals surface area contributed by atoms with Crippen LogP contribution in [0.4, 0.5) is 4.39 Å². The molecule has 0 saturated carbocycles. The van der Waals surface area contributed by atoms with Crippen LogP contribution >= 0.6 is 11.6 Å². The van der Waals surface area contributed by atoms with Crippen LogP contribution in [0.5, 0.6) is 5.75 Å². The Morgan fingerprint density at radius 2 is 1.89 bits per heavy atom. The average molecular weight is 265 g/mol. The maximum absolute atomic E-state index is 12.9. The number of para-hydroxylation sites is 1. The summed E-state index contributed by atoms with van der Waals surface area (Å²) in [6.45, 7) is 2.42. The summed E-state index contributed by atoms with van der Waals surface area (Å²) in [5.74, 6) is 0.512. The predicted octanol–water partition coefficient (Wildman–Crippen LogP) is 4.62. The number of halogens is 2. The largest absolute Gasteiger partial charge is 0.489 e. The Bertz CT molecular complexity index is 540. The summed E-state index contributed by atoms with van der Waals surface area (Å²) in [5.41, 5.74) is 1.93. The number of rotatable bonds is 4. The summed E-state index contributed by atoms with van der Waals surface area (Å²) in [6.07, 6.45) is 0.910.